The molecular formula is C12H14O5. The Bertz CT molecular complexity index is 425. The normalized spacial score (nSPS) is 9.76. The molecule has 17 heavy (non-hydrogen) atoms. The number of methoxy groups -OCH3 is 1. The van der Waals surface area contributed by atoms with Crippen molar-refractivity contribution in [1.29, 1.82) is 0 Å². The van der Waals surface area contributed by atoms with E-state index >= 15 is 0 Å². The zero-order chi connectivity index (χ0) is 12.8. The Morgan fingerprint density at radius 3 is 2.53 bits per heavy atom. The molecule has 0 aliphatic heterocycles. The molecule has 1 aromatic rings. The van der Waals surface area contributed by atoms with Crippen molar-refractivity contribution in [1.82, 2.24) is 0 Å². The summed E-state index contributed by atoms with van der Waals surface area (Å²) >= 11 is 0. The largest absolute Gasteiger partial charge is 0.493 e. The molecule has 0 saturated carbocycles. The Labute approximate surface area is 99.0 Å². The van der Waals surface area contributed by atoms with Gasteiger partial charge in [-0.3, -0.25) is 4.79 Å². The third-order valence-electron chi connectivity index (χ3n) is 2.13. The second-order valence-electron chi connectivity index (χ2n) is 3.32. The molecule has 5 nitrogen and oxygen atoms in total. The van der Waals surface area contributed by atoms with Crippen molar-refractivity contribution < 1.29 is 24.2 Å². The van der Waals surface area contributed by atoms with Crippen molar-refractivity contribution in [2.24, 2.45) is 0 Å². The number of carbonyl (C=O) groups excluding carboxylic acids is 1. The van der Waals surface area contributed by atoms with Crippen LogP contribution in [0.3, 0.4) is 0 Å². The van der Waals surface area contributed by atoms with Crippen molar-refractivity contribution in [3.63, 3.8) is 0 Å². The van der Waals surface area contributed by atoms with Gasteiger partial charge in [0.1, 0.15) is 0 Å². The van der Waals surface area contributed by atoms with Gasteiger partial charge in [0.25, 0.3) is 0 Å². The van der Waals surface area contributed by atoms with Gasteiger partial charge in [-0.15, -0.1) is 0 Å². The number of carboxylic acid groups (broad SMARTS) is 1. The third-order valence-corrected chi connectivity index (χ3v) is 2.13. The van der Waals surface area contributed by atoms with Crippen LogP contribution >= 0.6 is 0 Å². The Morgan fingerprint density at radius 1 is 1.29 bits per heavy atom. The molecule has 0 saturated heterocycles. The highest BCUT2D eigenvalue weighted by molar-refractivity contribution is 6.33. The summed E-state index contributed by atoms with van der Waals surface area (Å²) in [5.41, 5.74) is 0.585. The van der Waals surface area contributed by atoms with Gasteiger partial charge in [-0.25, -0.2) is 4.79 Å². The molecule has 0 radical (unpaired) electrons. The molecule has 0 heterocycles. The predicted octanol–water partition coefficient (Wildman–Crippen LogP) is 1.29. The molecule has 0 atom stereocenters. The lowest BCUT2D eigenvalue weighted by molar-refractivity contribution is -0.148. The van der Waals surface area contributed by atoms with E-state index in [0.717, 1.165) is 0 Å². The number of hydrogen-bond donors (Lipinski definition) is 1. The van der Waals surface area contributed by atoms with Crippen molar-refractivity contribution in [2.45, 2.75) is 13.3 Å². The number of ether oxygens (including phenoxy) is 2. The first-order chi connectivity index (χ1) is 8.08. The highest BCUT2D eigenvalue weighted by atomic mass is 16.5. The van der Waals surface area contributed by atoms with E-state index in [1.165, 1.54) is 7.11 Å². The summed E-state index contributed by atoms with van der Waals surface area (Å²) in [5.74, 6) is -1.22. The summed E-state index contributed by atoms with van der Waals surface area (Å²) in [6, 6.07) is 4.90. The number of aliphatic carboxylic acids is 1. The molecule has 0 unspecified atom stereocenters. The van der Waals surface area contributed by atoms with E-state index in [9.17, 15) is 9.59 Å². The summed E-state index contributed by atoms with van der Waals surface area (Å²) in [7, 11) is 1.51. The van der Waals surface area contributed by atoms with E-state index in [1.54, 1.807) is 18.2 Å². The molecule has 0 amide bonds. The van der Waals surface area contributed by atoms with Gasteiger partial charge in [0, 0.05) is 6.42 Å². The second kappa shape index (κ2) is 5.89. The van der Waals surface area contributed by atoms with E-state index in [-0.39, 0.29) is 6.42 Å². The van der Waals surface area contributed by atoms with E-state index in [1.807, 2.05) is 6.92 Å². The van der Waals surface area contributed by atoms with Crippen LogP contribution in [0, 0.1) is 0 Å². The van der Waals surface area contributed by atoms with Crippen LogP contribution in [0.2, 0.25) is 0 Å². The molecule has 0 aliphatic rings. The van der Waals surface area contributed by atoms with Crippen molar-refractivity contribution >= 4 is 11.8 Å². The van der Waals surface area contributed by atoms with Crippen LogP contribution in [0.15, 0.2) is 18.2 Å². The first-order valence-corrected chi connectivity index (χ1v) is 5.14. The first kappa shape index (κ1) is 13.0. The van der Waals surface area contributed by atoms with Gasteiger partial charge in [-0.1, -0.05) is 6.07 Å². The maximum atomic E-state index is 11.1. The fraction of sp³-hybridized carbons (Fsp3) is 0.333. The topological polar surface area (TPSA) is 72.8 Å². The fourth-order valence-electron chi connectivity index (χ4n) is 1.36. The quantitative estimate of drug-likeness (QED) is 0.756. The van der Waals surface area contributed by atoms with Crippen LogP contribution in [-0.4, -0.2) is 30.6 Å². The van der Waals surface area contributed by atoms with Gasteiger partial charge >= 0.3 is 5.97 Å². The van der Waals surface area contributed by atoms with Gasteiger partial charge < -0.3 is 14.6 Å². The Balaban J connectivity index is 2.91. The highest BCUT2D eigenvalue weighted by Gasteiger charge is 2.13. The van der Waals surface area contributed by atoms with Crippen LogP contribution in [0.4, 0.5) is 0 Å². The molecule has 0 aliphatic carbocycles. The van der Waals surface area contributed by atoms with Crippen LogP contribution < -0.4 is 9.47 Å². The molecule has 0 aromatic heterocycles. The monoisotopic (exact) mass is 238 g/mol. The first-order valence-electron chi connectivity index (χ1n) is 5.14. The van der Waals surface area contributed by atoms with Crippen molar-refractivity contribution in [3.8, 4) is 11.5 Å². The number of ketones is 1. The Morgan fingerprint density at radius 2 is 2.00 bits per heavy atom. The number of rotatable bonds is 6. The molecule has 1 rings (SSSR count). The minimum atomic E-state index is -1.43. The second-order valence-corrected chi connectivity index (χ2v) is 3.32. The van der Waals surface area contributed by atoms with Gasteiger partial charge in [-0.2, -0.15) is 0 Å². The zero-order valence-electron chi connectivity index (χ0n) is 9.73. The van der Waals surface area contributed by atoms with E-state index < -0.39 is 11.8 Å². The average molecular weight is 238 g/mol. The number of hydrogen-bond acceptors (Lipinski definition) is 4. The molecule has 1 aromatic carbocycles. The fourth-order valence-corrected chi connectivity index (χ4v) is 1.36. The van der Waals surface area contributed by atoms with Gasteiger partial charge in [0.2, 0.25) is 5.78 Å². The minimum absolute atomic E-state index is 0.153. The minimum Gasteiger partial charge on any atom is -0.493 e. The Hall–Kier alpha value is -2.04. The molecule has 1 N–H and O–H groups in total. The summed E-state index contributed by atoms with van der Waals surface area (Å²) in [6.45, 7) is 2.29. The molecular weight excluding hydrogens is 224 g/mol. The Kier molecular flexibility index (Phi) is 4.51. The maximum Gasteiger partial charge on any atom is 0.372 e. The number of Topliss-reactive ketones (excluding diaryl/α,β-unsaturated/α-hetero) is 1. The van der Waals surface area contributed by atoms with E-state index in [4.69, 9.17) is 14.6 Å². The van der Waals surface area contributed by atoms with E-state index in [0.29, 0.717) is 23.7 Å². The third kappa shape index (κ3) is 3.48. The summed E-state index contributed by atoms with van der Waals surface area (Å²) < 4.78 is 10.4. The van der Waals surface area contributed by atoms with Crippen LogP contribution in [0.5, 0.6) is 11.5 Å². The van der Waals surface area contributed by atoms with Gasteiger partial charge in [-0.05, 0) is 24.6 Å². The van der Waals surface area contributed by atoms with Gasteiger partial charge in [0.15, 0.2) is 11.5 Å². The van der Waals surface area contributed by atoms with Crippen LogP contribution in [0.1, 0.15) is 12.5 Å². The SMILES string of the molecule is CCOc1cc(CC(=O)C(=O)O)ccc1OC. The molecule has 0 bridgehead atoms. The van der Waals surface area contributed by atoms with Gasteiger partial charge in [0.05, 0.1) is 13.7 Å². The predicted molar refractivity (Wildman–Crippen MR) is 60.5 cm³/mol. The molecule has 0 fully saturated rings. The standard InChI is InChI=1S/C12H14O5/c1-3-17-11-7-8(4-5-10(11)16-2)6-9(13)12(14)15/h4-5,7H,3,6H2,1-2H3,(H,14,15). The lowest BCUT2D eigenvalue weighted by Crippen LogP contribution is -2.15. The molecule has 0 spiro atoms. The summed E-state index contributed by atoms with van der Waals surface area (Å²) in [4.78, 5) is 21.5. The van der Waals surface area contributed by atoms with E-state index in [2.05, 4.69) is 0 Å². The van der Waals surface area contributed by atoms with Crippen LogP contribution in [-0.2, 0) is 16.0 Å². The molecule has 5 heteroatoms. The molecule has 92 valence electrons. The zero-order valence-corrected chi connectivity index (χ0v) is 9.73. The van der Waals surface area contributed by atoms with Crippen molar-refractivity contribution in [2.75, 3.05) is 13.7 Å². The smallest absolute Gasteiger partial charge is 0.372 e. The highest BCUT2D eigenvalue weighted by Crippen LogP contribution is 2.28. The van der Waals surface area contributed by atoms with Crippen LogP contribution in [0.25, 0.3) is 0 Å². The lowest BCUT2D eigenvalue weighted by Gasteiger charge is -2.10. The number of carboxylic acids is 1. The summed E-state index contributed by atoms with van der Waals surface area (Å²) in [6.07, 6.45) is -0.153. The average Bonchev–Trinajstić information content (AvgIpc) is 2.29. The number of benzene rings is 1. The maximum absolute atomic E-state index is 11.1. The lowest BCUT2D eigenvalue weighted by atomic mass is 10.1. The summed E-state index contributed by atoms with van der Waals surface area (Å²) in [5, 5.41) is 8.51. The number of carbonyl (C=O) groups is 2. The van der Waals surface area contributed by atoms with Crippen molar-refractivity contribution in [3.05, 3.63) is 23.8 Å².